The molecule has 1 saturated heterocycles. The van der Waals surface area contributed by atoms with Crippen molar-refractivity contribution in [2.45, 2.75) is 45.6 Å². The second-order valence-electron chi connectivity index (χ2n) is 3.39. The average Bonchev–Trinajstić information content (AvgIpc) is 2.36. The summed E-state index contributed by atoms with van der Waals surface area (Å²) in [6.07, 6.45) is 5.77. The number of nitrogens with one attached hydrogen (secondary N) is 1. The smallest absolute Gasteiger partial charge is 0.0876 e. The highest BCUT2D eigenvalue weighted by atomic mass is 15.2. The molecule has 0 radical (unpaired) electrons. The molecular weight excluding hydrogens is 122 g/mol. The fourth-order valence-electron chi connectivity index (χ4n) is 2.15. The number of likely N-dealkylation sites (tertiary alicyclic amines) is 1. The summed E-state index contributed by atoms with van der Waals surface area (Å²) in [5.74, 6) is 0. The monoisotopic (exact) mass is 142 g/mol. The minimum atomic E-state index is 1.01. The summed E-state index contributed by atoms with van der Waals surface area (Å²) >= 11 is 0. The molecule has 0 aromatic carbocycles. The third-order valence-electron chi connectivity index (χ3n) is 2.72. The molecule has 2 atom stereocenters. The van der Waals surface area contributed by atoms with Gasteiger partial charge in [-0.15, -0.1) is 0 Å². The fourth-order valence-corrected chi connectivity index (χ4v) is 2.15. The van der Waals surface area contributed by atoms with Gasteiger partial charge in [0.1, 0.15) is 0 Å². The van der Waals surface area contributed by atoms with Crippen LogP contribution < -0.4 is 4.90 Å². The van der Waals surface area contributed by atoms with Crippen molar-refractivity contribution in [3.63, 3.8) is 0 Å². The molecule has 0 bridgehead atoms. The highest BCUT2D eigenvalue weighted by Gasteiger charge is 2.25. The predicted octanol–water partition coefficient (Wildman–Crippen LogP) is 0.854. The Morgan fingerprint density at radius 3 is 2.80 bits per heavy atom. The first-order valence-corrected chi connectivity index (χ1v) is 4.73. The van der Waals surface area contributed by atoms with Gasteiger partial charge in [-0.2, -0.15) is 0 Å². The van der Waals surface area contributed by atoms with Gasteiger partial charge in [-0.3, -0.25) is 0 Å². The van der Waals surface area contributed by atoms with Crippen LogP contribution in [-0.4, -0.2) is 19.1 Å². The third kappa shape index (κ3) is 1.72. The lowest BCUT2D eigenvalue weighted by Gasteiger charge is -2.18. The van der Waals surface area contributed by atoms with Gasteiger partial charge in [0.2, 0.25) is 0 Å². The first kappa shape index (κ1) is 8.06. The molecule has 2 unspecified atom stereocenters. The van der Waals surface area contributed by atoms with Crippen molar-refractivity contribution in [3.05, 3.63) is 0 Å². The Bertz CT molecular complexity index is 90.7. The van der Waals surface area contributed by atoms with E-state index in [2.05, 4.69) is 13.8 Å². The van der Waals surface area contributed by atoms with Crippen LogP contribution in [-0.2, 0) is 0 Å². The van der Waals surface area contributed by atoms with Crippen molar-refractivity contribution in [1.82, 2.24) is 0 Å². The lowest BCUT2D eigenvalue weighted by Crippen LogP contribution is -3.13. The van der Waals surface area contributed by atoms with E-state index in [0.29, 0.717) is 0 Å². The van der Waals surface area contributed by atoms with E-state index < -0.39 is 0 Å². The van der Waals surface area contributed by atoms with Gasteiger partial charge < -0.3 is 4.90 Å². The molecule has 1 rings (SSSR count). The van der Waals surface area contributed by atoms with E-state index >= 15 is 0 Å². The van der Waals surface area contributed by atoms with Crippen LogP contribution in [0.5, 0.6) is 0 Å². The van der Waals surface area contributed by atoms with E-state index in [1.165, 1.54) is 38.8 Å². The summed E-state index contributed by atoms with van der Waals surface area (Å²) in [6, 6.07) is 1.01. The van der Waals surface area contributed by atoms with E-state index in [0.717, 1.165) is 6.04 Å². The largest absolute Gasteiger partial charge is 0.333 e. The summed E-state index contributed by atoms with van der Waals surface area (Å²) < 4.78 is 0. The summed E-state index contributed by atoms with van der Waals surface area (Å²) in [6.45, 7) is 7.38. The summed E-state index contributed by atoms with van der Waals surface area (Å²) in [4.78, 5) is 1.85. The van der Waals surface area contributed by atoms with Crippen LogP contribution in [0.4, 0.5) is 0 Å². The Morgan fingerprint density at radius 2 is 2.20 bits per heavy atom. The minimum absolute atomic E-state index is 1.01. The SMILES string of the molecule is CCCC1CCC[NH+]1CC. The summed E-state index contributed by atoms with van der Waals surface area (Å²) in [5.41, 5.74) is 0. The molecule has 0 amide bonds. The molecular formula is C9H20N+. The molecule has 60 valence electrons. The minimum Gasteiger partial charge on any atom is -0.333 e. The van der Waals surface area contributed by atoms with Crippen LogP contribution in [0.15, 0.2) is 0 Å². The van der Waals surface area contributed by atoms with Crippen molar-refractivity contribution >= 4 is 0 Å². The van der Waals surface area contributed by atoms with E-state index in [1.54, 1.807) is 0 Å². The lowest BCUT2D eigenvalue weighted by molar-refractivity contribution is -0.910. The second kappa shape index (κ2) is 3.97. The number of rotatable bonds is 3. The van der Waals surface area contributed by atoms with Crippen LogP contribution in [0.3, 0.4) is 0 Å². The Balaban J connectivity index is 2.27. The van der Waals surface area contributed by atoms with Crippen molar-refractivity contribution in [1.29, 1.82) is 0 Å². The Morgan fingerprint density at radius 1 is 1.40 bits per heavy atom. The van der Waals surface area contributed by atoms with Gasteiger partial charge in [0.15, 0.2) is 0 Å². The van der Waals surface area contributed by atoms with Gasteiger partial charge in [0.25, 0.3) is 0 Å². The zero-order valence-corrected chi connectivity index (χ0v) is 7.32. The summed E-state index contributed by atoms with van der Waals surface area (Å²) in [7, 11) is 0. The molecule has 1 heteroatoms. The first-order chi connectivity index (χ1) is 4.88. The van der Waals surface area contributed by atoms with Crippen LogP contribution in [0.2, 0.25) is 0 Å². The van der Waals surface area contributed by atoms with Gasteiger partial charge >= 0.3 is 0 Å². The predicted molar refractivity (Wildman–Crippen MR) is 44.3 cm³/mol. The van der Waals surface area contributed by atoms with E-state index in [-0.39, 0.29) is 0 Å². The van der Waals surface area contributed by atoms with Gasteiger partial charge in [-0.1, -0.05) is 13.3 Å². The number of quaternary nitrogens is 1. The molecule has 10 heavy (non-hydrogen) atoms. The van der Waals surface area contributed by atoms with Crippen LogP contribution >= 0.6 is 0 Å². The van der Waals surface area contributed by atoms with Crippen LogP contribution in [0.1, 0.15) is 39.5 Å². The van der Waals surface area contributed by atoms with E-state index in [9.17, 15) is 0 Å². The molecule has 1 nitrogen and oxygen atoms in total. The fraction of sp³-hybridized carbons (Fsp3) is 1.00. The van der Waals surface area contributed by atoms with Crippen LogP contribution in [0.25, 0.3) is 0 Å². The molecule has 1 aliphatic heterocycles. The molecule has 1 heterocycles. The first-order valence-electron chi connectivity index (χ1n) is 4.73. The second-order valence-corrected chi connectivity index (χ2v) is 3.39. The highest BCUT2D eigenvalue weighted by Crippen LogP contribution is 2.05. The van der Waals surface area contributed by atoms with Crippen molar-refractivity contribution in [3.8, 4) is 0 Å². The molecule has 1 fully saturated rings. The molecule has 0 saturated carbocycles. The Hall–Kier alpha value is -0.0400. The Labute approximate surface area is 64.4 Å². The maximum atomic E-state index is 2.31. The number of hydrogen-bond donors (Lipinski definition) is 1. The molecule has 0 aromatic heterocycles. The van der Waals surface area contributed by atoms with Crippen molar-refractivity contribution in [2.75, 3.05) is 13.1 Å². The average molecular weight is 142 g/mol. The molecule has 0 spiro atoms. The Kier molecular flexibility index (Phi) is 3.20. The summed E-state index contributed by atoms with van der Waals surface area (Å²) in [5, 5.41) is 0. The third-order valence-corrected chi connectivity index (χ3v) is 2.72. The van der Waals surface area contributed by atoms with Crippen molar-refractivity contribution < 1.29 is 4.90 Å². The van der Waals surface area contributed by atoms with E-state index in [1.807, 2.05) is 4.90 Å². The molecule has 0 aromatic rings. The van der Waals surface area contributed by atoms with E-state index in [4.69, 9.17) is 0 Å². The maximum absolute atomic E-state index is 2.31. The van der Waals surface area contributed by atoms with Gasteiger partial charge in [-0.05, 0) is 13.3 Å². The van der Waals surface area contributed by atoms with Gasteiger partial charge in [0, 0.05) is 12.8 Å². The zero-order chi connectivity index (χ0) is 7.40. The quantitative estimate of drug-likeness (QED) is 0.596. The highest BCUT2D eigenvalue weighted by molar-refractivity contribution is 4.60. The maximum Gasteiger partial charge on any atom is 0.0876 e. The molecule has 1 aliphatic rings. The lowest BCUT2D eigenvalue weighted by atomic mass is 10.1. The van der Waals surface area contributed by atoms with Crippen molar-refractivity contribution in [2.24, 2.45) is 0 Å². The number of hydrogen-bond acceptors (Lipinski definition) is 0. The van der Waals surface area contributed by atoms with Gasteiger partial charge in [0.05, 0.1) is 19.1 Å². The molecule has 0 aliphatic carbocycles. The normalized spacial score (nSPS) is 33.0. The zero-order valence-electron chi connectivity index (χ0n) is 7.32. The van der Waals surface area contributed by atoms with Gasteiger partial charge in [-0.25, -0.2) is 0 Å². The standard InChI is InChI=1S/C9H19N/c1-3-6-9-7-5-8-10(9)4-2/h9H,3-8H2,1-2H3/p+1. The van der Waals surface area contributed by atoms with Crippen LogP contribution in [0, 0.1) is 0 Å². The molecule has 1 N–H and O–H groups in total. The topological polar surface area (TPSA) is 4.44 Å².